The Hall–Kier alpha value is -4.95. The van der Waals surface area contributed by atoms with Crippen LogP contribution in [0.1, 0.15) is 25.0 Å². The summed E-state index contributed by atoms with van der Waals surface area (Å²) in [6.45, 7) is 4.69. The summed E-state index contributed by atoms with van der Waals surface area (Å²) < 4.78 is 2.33. The molecule has 0 unspecified atom stereocenters. The van der Waals surface area contributed by atoms with Gasteiger partial charge in [-0.05, 0) is 74.8 Å². The van der Waals surface area contributed by atoms with E-state index in [1.165, 1.54) is 66.3 Å². The van der Waals surface area contributed by atoms with Gasteiger partial charge in [-0.25, -0.2) is 0 Å². The van der Waals surface area contributed by atoms with Gasteiger partial charge in [-0.15, -0.1) is 0 Å². The lowest BCUT2D eigenvalue weighted by atomic mass is 9.81. The van der Waals surface area contributed by atoms with E-state index in [0.29, 0.717) is 0 Å². The summed E-state index contributed by atoms with van der Waals surface area (Å²) in [5.41, 5.74) is 13.9. The van der Waals surface area contributed by atoms with Crippen LogP contribution in [0.15, 0.2) is 134 Å². The SMILES string of the molecule is CC1(C)c2ccccc2-c2ccc(-c3ccccc3-c3ccc4c5ccccc5n(-c5cccnc5)c4c3)cc21. The number of nitrogens with zero attached hydrogens (tertiary/aromatic N) is 2. The Bertz CT molecular complexity index is 2080. The fourth-order valence-corrected chi connectivity index (χ4v) is 6.76. The van der Waals surface area contributed by atoms with E-state index in [1.54, 1.807) is 0 Å². The lowest BCUT2D eigenvalue weighted by Gasteiger charge is -2.22. The highest BCUT2D eigenvalue weighted by Crippen LogP contribution is 2.50. The molecule has 5 aromatic carbocycles. The molecule has 0 aliphatic heterocycles. The smallest absolute Gasteiger partial charge is 0.0645 e. The summed E-state index contributed by atoms with van der Waals surface area (Å²) in [6.07, 6.45) is 3.77. The van der Waals surface area contributed by atoms with Gasteiger partial charge in [-0.2, -0.15) is 0 Å². The van der Waals surface area contributed by atoms with Crippen molar-refractivity contribution in [3.8, 4) is 39.1 Å². The summed E-state index contributed by atoms with van der Waals surface area (Å²) in [5.74, 6) is 0. The lowest BCUT2D eigenvalue weighted by molar-refractivity contribution is 0.660. The molecule has 1 aliphatic rings. The molecule has 190 valence electrons. The summed E-state index contributed by atoms with van der Waals surface area (Å²) in [4.78, 5) is 4.42. The highest BCUT2D eigenvalue weighted by Gasteiger charge is 2.35. The second-order valence-corrected chi connectivity index (χ2v) is 11.3. The monoisotopic (exact) mass is 512 g/mol. The fraction of sp³-hybridized carbons (Fsp3) is 0.0789. The van der Waals surface area contributed by atoms with Gasteiger partial charge < -0.3 is 4.57 Å². The number of rotatable bonds is 3. The predicted octanol–water partition coefficient (Wildman–Crippen LogP) is 9.82. The van der Waals surface area contributed by atoms with Gasteiger partial charge in [0.1, 0.15) is 0 Å². The summed E-state index contributed by atoms with van der Waals surface area (Å²) in [7, 11) is 0. The normalized spacial score (nSPS) is 13.4. The molecule has 0 fully saturated rings. The average molecular weight is 513 g/mol. The molecule has 0 N–H and O–H groups in total. The van der Waals surface area contributed by atoms with Crippen molar-refractivity contribution in [1.82, 2.24) is 9.55 Å². The highest BCUT2D eigenvalue weighted by molar-refractivity contribution is 6.10. The van der Waals surface area contributed by atoms with E-state index in [0.717, 1.165) is 5.69 Å². The molecule has 0 bridgehead atoms. The van der Waals surface area contributed by atoms with Crippen LogP contribution in [0.4, 0.5) is 0 Å². The Morgan fingerprint density at radius 1 is 0.525 bits per heavy atom. The molecule has 0 saturated carbocycles. The minimum absolute atomic E-state index is 0.0273. The van der Waals surface area contributed by atoms with Gasteiger partial charge >= 0.3 is 0 Å². The van der Waals surface area contributed by atoms with Crippen molar-refractivity contribution in [1.29, 1.82) is 0 Å². The van der Waals surface area contributed by atoms with Crippen molar-refractivity contribution < 1.29 is 0 Å². The van der Waals surface area contributed by atoms with E-state index in [1.807, 2.05) is 18.5 Å². The van der Waals surface area contributed by atoms with E-state index in [4.69, 9.17) is 0 Å². The largest absolute Gasteiger partial charge is 0.308 e. The van der Waals surface area contributed by atoms with Crippen LogP contribution in [0, 0.1) is 0 Å². The first-order chi connectivity index (χ1) is 19.6. The number of hydrogen-bond acceptors (Lipinski definition) is 1. The number of pyridine rings is 1. The Morgan fingerprint density at radius 3 is 1.98 bits per heavy atom. The van der Waals surface area contributed by atoms with E-state index in [-0.39, 0.29) is 5.41 Å². The molecule has 2 heteroatoms. The van der Waals surface area contributed by atoms with Crippen molar-refractivity contribution in [3.63, 3.8) is 0 Å². The second-order valence-electron chi connectivity index (χ2n) is 11.3. The first kappa shape index (κ1) is 23.0. The van der Waals surface area contributed by atoms with Crippen LogP contribution in [-0.2, 0) is 5.41 Å². The molecule has 7 aromatic rings. The molecule has 0 amide bonds. The Morgan fingerprint density at radius 2 is 1.18 bits per heavy atom. The number of benzene rings is 5. The third-order valence-corrected chi connectivity index (χ3v) is 8.71. The molecule has 2 heterocycles. The van der Waals surface area contributed by atoms with Gasteiger partial charge in [0, 0.05) is 22.4 Å². The number of para-hydroxylation sites is 1. The van der Waals surface area contributed by atoms with E-state index in [2.05, 4.69) is 139 Å². The second kappa shape index (κ2) is 8.53. The maximum Gasteiger partial charge on any atom is 0.0645 e. The molecule has 1 aliphatic carbocycles. The quantitative estimate of drug-likeness (QED) is 0.230. The van der Waals surface area contributed by atoms with Gasteiger partial charge in [0.2, 0.25) is 0 Å². The number of fused-ring (bicyclic) bond motifs is 6. The van der Waals surface area contributed by atoms with E-state index >= 15 is 0 Å². The Balaban J connectivity index is 1.32. The molecule has 0 saturated heterocycles. The zero-order valence-corrected chi connectivity index (χ0v) is 22.6. The molecule has 8 rings (SSSR count). The van der Waals surface area contributed by atoms with Gasteiger partial charge in [0.25, 0.3) is 0 Å². The standard InChI is InChI=1S/C38H28N2/c1-38(2)34-15-7-5-13-30(34)31-19-17-25(22-35(31)38)28-11-3-4-12-29(28)26-18-20-33-32-14-6-8-16-36(32)40(37(33)23-26)27-10-9-21-39-24-27/h3-24H,1-2H3. The van der Waals surface area contributed by atoms with Crippen molar-refractivity contribution >= 4 is 21.8 Å². The molecular formula is C38H28N2. The van der Waals surface area contributed by atoms with Crippen molar-refractivity contribution in [2.24, 2.45) is 0 Å². The molecule has 2 aromatic heterocycles. The van der Waals surface area contributed by atoms with Crippen molar-refractivity contribution in [3.05, 3.63) is 145 Å². The highest BCUT2D eigenvalue weighted by atomic mass is 15.0. The molecule has 0 atom stereocenters. The zero-order chi connectivity index (χ0) is 26.8. The maximum absolute atomic E-state index is 4.42. The first-order valence-electron chi connectivity index (χ1n) is 13.9. The van der Waals surface area contributed by atoms with Gasteiger partial charge in [0.15, 0.2) is 0 Å². The minimum atomic E-state index is -0.0273. The zero-order valence-electron chi connectivity index (χ0n) is 22.6. The maximum atomic E-state index is 4.42. The molecule has 0 radical (unpaired) electrons. The van der Waals surface area contributed by atoms with Crippen LogP contribution in [0.25, 0.3) is 60.9 Å². The van der Waals surface area contributed by atoms with Gasteiger partial charge in [0.05, 0.1) is 22.9 Å². The summed E-state index contributed by atoms with van der Waals surface area (Å²) in [6, 6.07) is 44.3. The van der Waals surface area contributed by atoms with Crippen molar-refractivity contribution in [2.75, 3.05) is 0 Å². The molecular weight excluding hydrogens is 484 g/mol. The Labute approximate surface area is 234 Å². The van der Waals surface area contributed by atoms with Crippen LogP contribution >= 0.6 is 0 Å². The predicted molar refractivity (Wildman–Crippen MR) is 167 cm³/mol. The third kappa shape index (κ3) is 3.26. The van der Waals surface area contributed by atoms with Crippen LogP contribution in [0.5, 0.6) is 0 Å². The van der Waals surface area contributed by atoms with E-state index in [9.17, 15) is 0 Å². The average Bonchev–Trinajstić information content (AvgIpc) is 3.46. The number of aromatic nitrogens is 2. The van der Waals surface area contributed by atoms with Gasteiger partial charge in [-0.3, -0.25) is 4.98 Å². The topological polar surface area (TPSA) is 17.8 Å². The molecule has 40 heavy (non-hydrogen) atoms. The lowest BCUT2D eigenvalue weighted by Crippen LogP contribution is -2.14. The fourth-order valence-electron chi connectivity index (χ4n) is 6.76. The van der Waals surface area contributed by atoms with Crippen molar-refractivity contribution in [2.45, 2.75) is 19.3 Å². The third-order valence-electron chi connectivity index (χ3n) is 8.71. The van der Waals surface area contributed by atoms with Crippen LogP contribution < -0.4 is 0 Å². The molecule has 2 nitrogen and oxygen atoms in total. The summed E-state index contributed by atoms with van der Waals surface area (Å²) in [5, 5.41) is 2.50. The van der Waals surface area contributed by atoms with Crippen LogP contribution in [-0.4, -0.2) is 9.55 Å². The van der Waals surface area contributed by atoms with Crippen LogP contribution in [0.3, 0.4) is 0 Å². The van der Waals surface area contributed by atoms with Gasteiger partial charge in [-0.1, -0.05) is 105 Å². The summed E-state index contributed by atoms with van der Waals surface area (Å²) >= 11 is 0. The first-order valence-corrected chi connectivity index (χ1v) is 13.9. The molecule has 0 spiro atoms. The van der Waals surface area contributed by atoms with Crippen LogP contribution in [0.2, 0.25) is 0 Å². The Kier molecular flexibility index (Phi) is 4.90. The number of hydrogen-bond donors (Lipinski definition) is 0. The van der Waals surface area contributed by atoms with E-state index < -0.39 is 0 Å². The minimum Gasteiger partial charge on any atom is -0.308 e.